The number of anilines is 1. The SMILES string of the molecule is Nc1nc(=O)n(C2OC(COP(=O)(O)OP(=O)(O)OP(=O)(O)O)C(O)C2O)cc1C(F)(F)F. The number of nitrogens with zero attached hydrogens (tertiary/aromatic N) is 2. The van der Waals surface area contributed by atoms with Crippen molar-refractivity contribution in [3.63, 3.8) is 0 Å². The fraction of sp³-hybridized carbons (Fsp3) is 0.600. The third kappa shape index (κ3) is 7.37. The summed E-state index contributed by atoms with van der Waals surface area (Å²) >= 11 is 0. The van der Waals surface area contributed by atoms with E-state index in [9.17, 15) is 46.8 Å². The topological polar surface area (TPSA) is 270 Å². The average Bonchev–Trinajstić information content (AvgIpc) is 2.84. The highest BCUT2D eigenvalue weighted by molar-refractivity contribution is 7.66. The largest absolute Gasteiger partial charge is 0.490 e. The maximum Gasteiger partial charge on any atom is 0.490 e. The molecule has 8 N–H and O–H groups in total. The van der Waals surface area contributed by atoms with E-state index in [1.54, 1.807) is 0 Å². The molecule has 23 heteroatoms. The molecule has 1 aromatic heterocycles. The van der Waals surface area contributed by atoms with E-state index in [0.717, 1.165) is 0 Å². The van der Waals surface area contributed by atoms with Gasteiger partial charge in [-0.05, 0) is 0 Å². The summed E-state index contributed by atoms with van der Waals surface area (Å²) in [5.41, 5.74) is 2.05. The second-order valence-electron chi connectivity index (χ2n) is 6.16. The molecule has 0 aliphatic carbocycles. The van der Waals surface area contributed by atoms with Crippen LogP contribution in [-0.2, 0) is 37.8 Å². The number of alkyl halides is 3. The Morgan fingerprint density at radius 3 is 2.18 bits per heavy atom. The molecule has 6 unspecified atom stereocenters. The lowest BCUT2D eigenvalue weighted by Gasteiger charge is -2.20. The molecule has 0 saturated carbocycles. The fourth-order valence-corrected chi connectivity index (χ4v) is 5.48. The molecule has 6 atom stereocenters. The number of aliphatic hydroxyl groups is 2. The average molecular weight is 551 g/mol. The van der Waals surface area contributed by atoms with Gasteiger partial charge in [0.15, 0.2) is 6.23 Å². The van der Waals surface area contributed by atoms with Gasteiger partial charge in [0.2, 0.25) is 0 Å². The predicted octanol–water partition coefficient (Wildman–Crippen LogP) is -1.19. The third-order valence-corrected chi connectivity index (χ3v) is 7.52. The summed E-state index contributed by atoms with van der Waals surface area (Å²) in [4.78, 5) is 50.2. The molecule has 1 aromatic rings. The molecule has 190 valence electrons. The van der Waals surface area contributed by atoms with Gasteiger partial charge >= 0.3 is 35.3 Å². The Morgan fingerprint density at radius 2 is 1.67 bits per heavy atom. The third-order valence-electron chi connectivity index (χ3n) is 3.72. The van der Waals surface area contributed by atoms with Crippen molar-refractivity contribution in [1.29, 1.82) is 0 Å². The van der Waals surface area contributed by atoms with Gasteiger partial charge < -0.3 is 40.3 Å². The lowest BCUT2D eigenvalue weighted by atomic mass is 10.1. The number of nitrogens with two attached hydrogens (primary N) is 1. The van der Waals surface area contributed by atoms with Crippen molar-refractivity contribution in [1.82, 2.24) is 9.55 Å². The molecule has 1 fully saturated rings. The van der Waals surface area contributed by atoms with Crippen molar-refractivity contribution in [3.05, 3.63) is 22.2 Å². The van der Waals surface area contributed by atoms with Crippen molar-refractivity contribution >= 4 is 29.3 Å². The van der Waals surface area contributed by atoms with E-state index in [2.05, 4.69) is 18.1 Å². The normalized spacial score (nSPS) is 27.8. The summed E-state index contributed by atoms with van der Waals surface area (Å²) in [5.74, 6) is -1.18. The van der Waals surface area contributed by atoms with Crippen LogP contribution in [0.1, 0.15) is 11.8 Å². The van der Waals surface area contributed by atoms with Crippen LogP contribution in [0.3, 0.4) is 0 Å². The van der Waals surface area contributed by atoms with Crippen LogP contribution in [0.25, 0.3) is 0 Å². The summed E-state index contributed by atoms with van der Waals surface area (Å²) in [7, 11) is -17.1. The van der Waals surface area contributed by atoms with E-state index in [4.69, 9.17) is 25.2 Å². The van der Waals surface area contributed by atoms with Crippen LogP contribution in [0.5, 0.6) is 0 Å². The standard InChI is InChI=1S/C10H15F3N3O14P3/c11-10(12,13)3-1-16(9(19)15-7(3)14)8-6(18)5(17)4(28-8)2-27-32(23,24)30-33(25,26)29-31(20,21)22/h1,4-6,8,17-18H,2H2,(H,23,24)(H,25,26)(H2,14,15,19)(H2,20,21,22). The zero-order chi connectivity index (χ0) is 25.6. The van der Waals surface area contributed by atoms with Crippen LogP contribution in [0, 0.1) is 0 Å². The smallest absolute Gasteiger partial charge is 0.387 e. The molecule has 2 heterocycles. The molecular weight excluding hydrogens is 536 g/mol. The summed E-state index contributed by atoms with van der Waals surface area (Å²) < 4.78 is 88.8. The molecule has 33 heavy (non-hydrogen) atoms. The second-order valence-corrected chi connectivity index (χ2v) is 10.6. The molecular formula is C10H15F3N3O14P3. The van der Waals surface area contributed by atoms with Gasteiger partial charge in [-0.25, -0.2) is 18.5 Å². The number of hydrogen-bond acceptors (Lipinski definition) is 12. The Balaban J connectivity index is 2.17. The minimum Gasteiger partial charge on any atom is -0.387 e. The highest BCUT2D eigenvalue weighted by Gasteiger charge is 2.47. The van der Waals surface area contributed by atoms with Gasteiger partial charge in [0.25, 0.3) is 0 Å². The van der Waals surface area contributed by atoms with Crippen molar-refractivity contribution in [3.8, 4) is 0 Å². The molecule has 2 rings (SSSR count). The number of rotatable bonds is 8. The van der Waals surface area contributed by atoms with Crippen molar-refractivity contribution in [2.45, 2.75) is 30.7 Å². The Hall–Kier alpha value is -1.24. The number of halogens is 3. The van der Waals surface area contributed by atoms with Gasteiger partial charge in [-0.3, -0.25) is 9.09 Å². The second kappa shape index (κ2) is 9.43. The molecule has 1 saturated heterocycles. The highest BCUT2D eigenvalue weighted by atomic mass is 31.3. The van der Waals surface area contributed by atoms with Crippen LogP contribution in [0.2, 0.25) is 0 Å². The number of phosphoric acid groups is 3. The van der Waals surface area contributed by atoms with Crippen molar-refractivity contribution in [2.24, 2.45) is 0 Å². The summed E-state index contributed by atoms with van der Waals surface area (Å²) in [6.45, 7) is -1.25. The summed E-state index contributed by atoms with van der Waals surface area (Å²) in [6.07, 6.45) is -12.9. The minimum absolute atomic E-state index is 0.137. The van der Waals surface area contributed by atoms with Crippen molar-refractivity contribution in [2.75, 3.05) is 12.3 Å². The first-order valence-corrected chi connectivity index (χ1v) is 12.5. The molecule has 17 nitrogen and oxygen atoms in total. The van der Waals surface area contributed by atoms with E-state index < -0.39 is 77.9 Å². The Bertz CT molecular complexity index is 1090. The number of phosphoric ester groups is 1. The molecule has 0 spiro atoms. The van der Waals surface area contributed by atoms with Gasteiger partial charge in [0, 0.05) is 6.20 Å². The maximum atomic E-state index is 13.0. The summed E-state index contributed by atoms with van der Waals surface area (Å²) in [5, 5.41) is 20.0. The van der Waals surface area contributed by atoms with Crippen LogP contribution in [0.15, 0.2) is 11.0 Å². The van der Waals surface area contributed by atoms with Crippen molar-refractivity contribution < 1.29 is 74.5 Å². The van der Waals surface area contributed by atoms with E-state index >= 15 is 0 Å². The van der Waals surface area contributed by atoms with Gasteiger partial charge in [0.1, 0.15) is 29.7 Å². The van der Waals surface area contributed by atoms with Crippen LogP contribution >= 0.6 is 23.5 Å². The highest BCUT2D eigenvalue weighted by Crippen LogP contribution is 2.66. The van der Waals surface area contributed by atoms with E-state index in [1.807, 2.05) is 0 Å². The zero-order valence-electron chi connectivity index (χ0n) is 15.5. The van der Waals surface area contributed by atoms with E-state index in [0.29, 0.717) is 0 Å². The lowest BCUT2D eigenvalue weighted by molar-refractivity contribution is -0.138. The summed E-state index contributed by atoms with van der Waals surface area (Å²) in [6, 6.07) is 0. The van der Waals surface area contributed by atoms with Crippen LogP contribution in [0.4, 0.5) is 19.0 Å². The minimum atomic E-state index is -5.84. The van der Waals surface area contributed by atoms with Crippen LogP contribution in [-0.4, -0.2) is 64.3 Å². The van der Waals surface area contributed by atoms with E-state index in [-0.39, 0.29) is 10.8 Å². The van der Waals surface area contributed by atoms with Gasteiger partial charge in [0.05, 0.1) is 6.61 Å². The first-order valence-electron chi connectivity index (χ1n) is 7.98. The number of aromatic nitrogens is 2. The number of nitrogen functional groups attached to an aromatic ring is 1. The fourth-order valence-electron chi connectivity index (χ4n) is 2.45. The van der Waals surface area contributed by atoms with Crippen LogP contribution < -0.4 is 11.4 Å². The predicted molar refractivity (Wildman–Crippen MR) is 93.7 cm³/mol. The monoisotopic (exact) mass is 551 g/mol. The van der Waals surface area contributed by atoms with Gasteiger partial charge in [-0.1, -0.05) is 0 Å². The lowest BCUT2D eigenvalue weighted by Crippen LogP contribution is -2.37. The number of ether oxygens (including phenoxy) is 1. The number of aliphatic hydroxyl groups excluding tert-OH is 2. The molecule has 0 bridgehead atoms. The molecule has 1 aliphatic rings. The molecule has 0 aromatic carbocycles. The quantitative estimate of drug-likeness (QED) is 0.187. The first kappa shape index (κ1) is 28.0. The number of hydrogen-bond donors (Lipinski definition) is 7. The Morgan fingerprint density at radius 1 is 1.09 bits per heavy atom. The molecule has 0 amide bonds. The molecule has 1 aliphatic heterocycles. The van der Waals surface area contributed by atoms with E-state index in [1.165, 1.54) is 0 Å². The zero-order valence-corrected chi connectivity index (χ0v) is 18.2. The van der Waals surface area contributed by atoms with Gasteiger partial charge in [-0.2, -0.15) is 26.8 Å². The molecule has 0 radical (unpaired) electrons. The Labute approximate surface area is 179 Å². The maximum absolute atomic E-state index is 13.0. The Kier molecular flexibility index (Phi) is 8.00. The van der Waals surface area contributed by atoms with Gasteiger partial charge in [-0.15, -0.1) is 0 Å². The first-order chi connectivity index (χ1) is 14.7.